The molecule has 0 amide bonds. The van der Waals surface area contributed by atoms with Crippen molar-refractivity contribution in [1.82, 2.24) is 0 Å². The Kier molecular flexibility index (Phi) is 7.32. The van der Waals surface area contributed by atoms with Gasteiger partial charge in [-0.25, -0.2) is 0 Å². The van der Waals surface area contributed by atoms with Crippen LogP contribution in [-0.2, 0) is 19.1 Å². The van der Waals surface area contributed by atoms with Gasteiger partial charge in [-0.3, -0.25) is 9.59 Å². The van der Waals surface area contributed by atoms with Crippen LogP contribution in [0.5, 0.6) is 0 Å². The molecule has 3 aliphatic rings. The molecule has 4 heteroatoms. The van der Waals surface area contributed by atoms with E-state index in [4.69, 9.17) is 9.47 Å². The fourth-order valence-electron chi connectivity index (χ4n) is 5.69. The van der Waals surface area contributed by atoms with Gasteiger partial charge in [-0.15, -0.1) is 0 Å². The van der Waals surface area contributed by atoms with Gasteiger partial charge in [0, 0.05) is 0 Å². The maximum Gasteiger partial charge on any atom is 0.310 e. The summed E-state index contributed by atoms with van der Waals surface area (Å²) in [4.78, 5) is 25.5. The molecular weight excluding hydrogens is 364 g/mol. The van der Waals surface area contributed by atoms with E-state index < -0.39 is 0 Å². The predicted molar refractivity (Wildman–Crippen MR) is 114 cm³/mol. The van der Waals surface area contributed by atoms with Gasteiger partial charge in [0.2, 0.25) is 0 Å². The second kappa shape index (κ2) is 9.39. The van der Waals surface area contributed by atoms with Crippen LogP contribution in [0.3, 0.4) is 0 Å². The van der Waals surface area contributed by atoms with Crippen LogP contribution in [0.25, 0.3) is 0 Å². The Balaban J connectivity index is 1.52. The largest absolute Gasteiger partial charge is 0.462 e. The number of carbonyl (C=O) groups is 2. The van der Waals surface area contributed by atoms with Crippen molar-refractivity contribution in [1.29, 1.82) is 0 Å². The van der Waals surface area contributed by atoms with Crippen molar-refractivity contribution in [3.05, 3.63) is 0 Å². The van der Waals surface area contributed by atoms with Crippen LogP contribution >= 0.6 is 0 Å². The average Bonchev–Trinajstić information content (AvgIpc) is 3.42. The molecule has 8 atom stereocenters. The molecule has 0 saturated heterocycles. The molecule has 0 aromatic rings. The highest BCUT2D eigenvalue weighted by Gasteiger charge is 2.52. The molecule has 0 aliphatic heterocycles. The van der Waals surface area contributed by atoms with E-state index in [-0.39, 0.29) is 36.0 Å². The van der Waals surface area contributed by atoms with Gasteiger partial charge >= 0.3 is 11.9 Å². The van der Waals surface area contributed by atoms with Crippen LogP contribution in [-0.4, -0.2) is 24.1 Å². The minimum absolute atomic E-state index is 0.00744. The zero-order valence-electron chi connectivity index (χ0n) is 19.4. The Morgan fingerprint density at radius 2 is 1.03 bits per heavy atom. The van der Waals surface area contributed by atoms with Crippen molar-refractivity contribution in [2.45, 2.75) is 98.7 Å². The second-order valence-electron chi connectivity index (χ2n) is 11.1. The van der Waals surface area contributed by atoms with E-state index in [1.807, 2.05) is 0 Å². The number of hydrogen-bond donors (Lipinski definition) is 0. The lowest BCUT2D eigenvalue weighted by atomic mass is 9.75. The minimum atomic E-state index is -0.286. The van der Waals surface area contributed by atoms with Crippen LogP contribution in [0.15, 0.2) is 0 Å². The van der Waals surface area contributed by atoms with Crippen molar-refractivity contribution in [2.24, 2.45) is 47.3 Å². The smallest absolute Gasteiger partial charge is 0.310 e. The number of rotatable bonds is 6. The summed E-state index contributed by atoms with van der Waals surface area (Å²) in [5, 5.41) is 0. The molecular formula is C25H42O4. The quantitative estimate of drug-likeness (QED) is 0.536. The van der Waals surface area contributed by atoms with E-state index in [9.17, 15) is 9.59 Å². The van der Waals surface area contributed by atoms with E-state index in [0.717, 1.165) is 25.7 Å². The van der Waals surface area contributed by atoms with Gasteiger partial charge in [-0.2, -0.15) is 0 Å². The first kappa shape index (κ1) is 22.6. The third kappa shape index (κ3) is 5.55. The van der Waals surface area contributed by atoms with E-state index in [1.54, 1.807) is 0 Å². The van der Waals surface area contributed by atoms with Gasteiger partial charge in [-0.05, 0) is 67.6 Å². The van der Waals surface area contributed by atoms with Gasteiger partial charge < -0.3 is 9.47 Å². The fraction of sp³-hybridized carbons (Fsp3) is 0.920. The zero-order valence-corrected chi connectivity index (χ0v) is 19.4. The maximum absolute atomic E-state index is 12.8. The normalized spacial score (nSPS) is 40.0. The molecule has 0 aromatic heterocycles. The highest BCUT2D eigenvalue weighted by atomic mass is 16.6. The van der Waals surface area contributed by atoms with Crippen molar-refractivity contribution >= 4 is 11.9 Å². The first-order chi connectivity index (χ1) is 13.7. The minimum Gasteiger partial charge on any atom is -0.462 e. The molecule has 1 unspecified atom stereocenters. The highest BCUT2D eigenvalue weighted by molar-refractivity contribution is 5.87. The van der Waals surface area contributed by atoms with Crippen molar-refractivity contribution in [2.75, 3.05) is 0 Å². The topological polar surface area (TPSA) is 52.6 Å². The molecule has 0 bridgehead atoms. The molecule has 0 spiro atoms. The molecule has 0 heterocycles. The molecule has 0 radical (unpaired) electrons. The Morgan fingerprint density at radius 1 is 0.655 bits per heavy atom. The molecule has 3 aliphatic carbocycles. The first-order valence-corrected chi connectivity index (χ1v) is 12.1. The highest BCUT2D eigenvalue weighted by Crippen LogP contribution is 2.44. The van der Waals surface area contributed by atoms with Crippen LogP contribution in [0.2, 0.25) is 0 Å². The number of ether oxygens (including phenoxy) is 2. The molecule has 3 saturated carbocycles. The first-order valence-electron chi connectivity index (χ1n) is 12.1. The molecule has 29 heavy (non-hydrogen) atoms. The summed E-state index contributed by atoms with van der Waals surface area (Å²) >= 11 is 0. The van der Waals surface area contributed by atoms with Crippen LogP contribution < -0.4 is 0 Å². The van der Waals surface area contributed by atoms with Crippen molar-refractivity contribution in [3.63, 3.8) is 0 Å². The van der Waals surface area contributed by atoms with Gasteiger partial charge in [0.15, 0.2) is 0 Å². The third-order valence-electron chi connectivity index (χ3n) is 7.85. The average molecular weight is 407 g/mol. The fourth-order valence-corrected chi connectivity index (χ4v) is 5.69. The zero-order chi connectivity index (χ0) is 21.3. The van der Waals surface area contributed by atoms with Gasteiger partial charge in [-0.1, -0.05) is 54.4 Å². The molecule has 0 aromatic carbocycles. The Labute approximate surface area is 177 Å². The summed E-state index contributed by atoms with van der Waals surface area (Å²) in [5.74, 6) is 2.20. The SMILES string of the molecule is CC(C)C1CC[C@@H](C)C[C@H]1OC(=O)[C@H]1C[C@@H]1C(=O)O[C@@H]1C[C@H](C)CC[C@H]1C(C)C. The van der Waals surface area contributed by atoms with E-state index in [1.165, 1.54) is 12.8 Å². The Bertz CT molecular complexity index is 533. The molecule has 166 valence electrons. The van der Waals surface area contributed by atoms with Crippen molar-refractivity contribution in [3.8, 4) is 0 Å². The summed E-state index contributed by atoms with van der Waals surface area (Å²) in [6.45, 7) is 13.4. The van der Waals surface area contributed by atoms with Crippen LogP contribution in [0, 0.1) is 47.3 Å². The van der Waals surface area contributed by atoms with Gasteiger partial charge in [0.1, 0.15) is 12.2 Å². The number of carbonyl (C=O) groups excluding carboxylic acids is 2. The number of hydrogen-bond acceptors (Lipinski definition) is 4. The third-order valence-corrected chi connectivity index (χ3v) is 7.85. The summed E-state index contributed by atoms with van der Waals surface area (Å²) in [7, 11) is 0. The lowest BCUT2D eigenvalue weighted by Gasteiger charge is -2.37. The standard InChI is InChI=1S/C25H42O4/c1-14(2)18-9-7-16(5)11-22(18)28-24(26)20-13-21(20)25(27)29-23-12-17(6)8-10-19(23)15(3)4/h14-23H,7-13H2,1-6H3/t16-,17-,18+,19?,20+,21+,22-,23-/m1/s1. The van der Waals surface area contributed by atoms with Gasteiger partial charge in [0.25, 0.3) is 0 Å². The second-order valence-corrected chi connectivity index (χ2v) is 11.1. The molecule has 3 fully saturated rings. The summed E-state index contributed by atoms with van der Waals surface area (Å²) in [5.41, 5.74) is 0. The van der Waals surface area contributed by atoms with E-state index >= 15 is 0 Å². The lowest BCUT2D eigenvalue weighted by molar-refractivity contribution is -0.164. The summed E-state index contributed by atoms with van der Waals surface area (Å²) in [6.07, 6.45) is 7.20. The van der Waals surface area contributed by atoms with Crippen LogP contribution in [0.1, 0.15) is 86.5 Å². The predicted octanol–water partition coefficient (Wildman–Crippen LogP) is 5.63. The van der Waals surface area contributed by atoms with Crippen molar-refractivity contribution < 1.29 is 19.1 Å². The number of esters is 2. The van der Waals surface area contributed by atoms with E-state index in [0.29, 0.717) is 41.9 Å². The lowest BCUT2D eigenvalue weighted by Crippen LogP contribution is -2.37. The maximum atomic E-state index is 12.8. The van der Waals surface area contributed by atoms with Gasteiger partial charge in [0.05, 0.1) is 11.8 Å². The molecule has 4 nitrogen and oxygen atoms in total. The summed E-state index contributed by atoms with van der Waals surface area (Å²) < 4.78 is 11.9. The summed E-state index contributed by atoms with van der Waals surface area (Å²) in [6, 6.07) is 0. The monoisotopic (exact) mass is 406 g/mol. The Hall–Kier alpha value is -1.06. The Morgan fingerprint density at radius 3 is 1.38 bits per heavy atom. The van der Waals surface area contributed by atoms with E-state index in [2.05, 4.69) is 41.5 Å². The molecule has 0 N–H and O–H groups in total. The van der Waals surface area contributed by atoms with Crippen LogP contribution in [0.4, 0.5) is 0 Å². The molecule has 3 rings (SSSR count).